The van der Waals surface area contributed by atoms with Crippen molar-refractivity contribution < 1.29 is 19.4 Å². The lowest BCUT2D eigenvalue weighted by molar-refractivity contribution is -0.129. The van der Waals surface area contributed by atoms with Gasteiger partial charge in [-0.05, 0) is 77.3 Å². The molecule has 2 aromatic heterocycles. The normalized spacial score (nSPS) is 20.4. The second kappa shape index (κ2) is 10.5. The number of aliphatic hydroxyl groups is 1. The molecule has 1 atom stereocenters. The Labute approximate surface area is 216 Å². The van der Waals surface area contributed by atoms with Gasteiger partial charge in [0.05, 0.1) is 17.7 Å². The summed E-state index contributed by atoms with van der Waals surface area (Å²) in [5.41, 5.74) is 5.28. The number of aliphatic hydroxyl groups excluding tert-OH is 1. The number of aromatic amines is 1. The second-order valence-corrected chi connectivity index (χ2v) is 10.5. The maximum absolute atomic E-state index is 13.4. The van der Waals surface area contributed by atoms with Gasteiger partial charge in [-0.1, -0.05) is 11.6 Å². The van der Waals surface area contributed by atoms with E-state index in [0.29, 0.717) is 23.6 Å². The van der Waals surface area contributed by atoms with E-state index in [1.807, 2.05) is 26.0 Å². The van der Waals surface area contributed by atoms with Gasteiger partial charge in [0, 0.05) is 23.3 Å². The number of hydrogen-bond acceptors (Lipinski definition) is 6. The third kappa shape index (κ3) is 5.61. The molecule has 37 heavy (non-hydrogen) atoms. The van der Waals surface area contributed by atoms with E-state index in [9.17, 15) is 14.7 Å². The van der Waals surface area contributed by atoms with Crippen LogP contribution >= 0.6 is 0 Å². The number of amides is 2. The molecule has 0 bridgehead atoms. The molecule has 9 nitrogen and oxygen atoms in total. The summed E-state index contributed by atoms with van der Waals surface area (Å²) in [6, 6.07) is 6.12. The number of aromatic nitrogens is 3. The van der Waals surface area contributed by atoms with Crippen molar-refractivity contribution >= 4 is 22.8 Å². The van der Waals surface area contributed by atoms with Crippen LogP contribution in [0.5, 0.6) is 5.75 Å². The zero-order chi connectivity index (χ0) is 26.1. The first-order chi connectivity index (χ1) is 17.8. The van der Waals surface area contributed by atoms with Crippen molar-refractivity contribution in [2.24, 2.45) is 5.92 Å². The Balaban J connectivity index is 1.35. The first-order valence-corrected chi connectivity index (χ1v) is 13.2. The van der Waals surface area contributed by atoms with Gasteiger partial charge in [-0.3, -0.25) is 9.59 Å². The summed E-state index contributed by atoms with van der Waals surface area (Å²) in [4.78, 5) is 37.6. The minimum absolute atomic E-state index is 0.0112. The first kappa shape index (κ1) is 25.2. The molecule has 9 heteroatoms. The Morgan fingerprint density at radius 3 is 2.46 bits per heavy atom. The Hall–Kier alpha value is -3.46. The number of nitrogens with one attached hydrogen (secondary N) is 3. The van der Waals surface area contributed by atoms with Gasteiger partial charge in [0.2, 0.25) is 5.91 Å². The van der Waals surface area contributed by atoms with Gasteiger partial charge in [-0.15, -0.1) is 0 Å². The van der Waals surface area contributed by atoms with Crippen LogP contribution in [0.15, 0.2) is 24.5 Å². The molecule has 2 aliphatic rings. The van der Waals surface area contributed by atoms with Crippen LogP contribution in [-0.2, 0) is 4.79 Å². The fourth-order valence-corrected chi connectivity index (χ4v) is 5.01. The number of rotatable bonds is 8. The summed E-state index contributed by atoms with van der Waals surface area (Å²) in [5.74, 6) is 0.897. The summed E-state index contributed by atoms with van der Waals surface area (Å²) in [6.07, 6.45) is 5.92. The molecule has 2 amide bonds. The van der Waals surface area contributed by atoms with E-state index in [1.54, 1.807) is 0 Å². The summed E-state index contributed by atoms with van der Waals surface area (Å²) in [5, 5.41) is 15.5. The lowest BCUT2D eigenvalue weighted by Gasteiger charge is -2.30. The quantitative estimate of drug-likeness (QED) is 0.370. The van der Waals surface area contributed by atoms with Gasteiger partial charge in [-0.25, -0.2) is 9.97 Å². The number of nitrogens with zero attached hydrogens (tertiary/aromatic N) is 2. The Morgan fingerprint density at radius 1 is 1.08 bits per heavy atom. The van der Waals surface area contributed by atoms with Gasteiger partial charge < -0.3 is 25.5 Å². The van der Waals surface area contributed by atoms with Crippen LogP contribution in [0, 0.1) is 19.8 Å². The van der Waals surface area contributed by atoms with Gasteiger partial charge >= 0.3 is 0 Å². The van der Waals surface area contributed by atoms with Crippen molar-refractivity contribution in [1.82, 2.24) is 25.6 Å². The van der Waals surface area contributed by atoms with Crippen molar-refractivity contribution in [3.63, 3.8) is 0 Å². The van der Waals surface area contributed by atoms with Crippen LogP contribution in [0.4, 0.5) is 0 Å². The zero-order valence-electron chi connectivity index (χ0n) is 21.6. The van der Waals surface area contributed by atoms with E-state index in [1.165, 1.54) is 26.1 Å². The minimum Gasteiger partial charge on any atom is -0.493 e. The molecule has 0 radical (unpaired) electrons. The molecule has 1 aromatic carbocycles. The molecule has 2 heterocycles. The van der Waals surface area contributed by atoms with E-state index in [-0.39, 0.29) is 23.9 Å². The molecule has 0 spiro atoms. The third-order valence-corrected chi connectivity index (χ3v) is 7.35. The molecule has 0 unspecified atom stereocenters. The molecular weight excluding hydrogens is 470 g/mol. The number of carbonyl (C=O) groups is 2. The average Bonchev–Trinajstić information content (AvgIpc) is 3.63. The van der Waals surface area contributed by atoms with E-state index < -0.39 is 6.10 Å². The number of H-pyrrole nitrogens is 1. The van der Waals surface area contributed by atoms with Gasteiger partial charge in [0.25, 0.3) is 5.91 Å². The molecule has 2 saturated carbocycles. The van der Waals surface area contributed by atoms with Crippen LogP contribution in [0.3, 0.4) is 0 Å². The van der Waals surface area contributed by atoms with E-state index in [2.05, 4.69) is 31.7 Å². The average molecular weight is 506 g/mol. The highest BCUT2D eigenvalue weighted by Gasteiger charge is 2.28. The zero-order valence-corrected chi connectivity index (χ0v) is 21.6. The topological polar surface area (TPSA) is 129 Å². The highest BCUT2D eigenvalue weighted by atomic mass is 16.5. The molecule has 2 fully saturated rings. The lowest BCUT2D eigenvalue weighted by atomic mass is 9.90. The van der Waals surface area contributed by atoms with Crippen molar-refractivity contribution in [1.29, 1.82) is 0 Å². The Morgan fingerprint density at radius 2 is 1.78 bits per heavy atom. The summed E-state index contributed by atoms with van der Waals surface area (Å²) >= 11 is 0. The van der Waals surface area contributed by atoms with E-state index in [4.69, 9.17) is 4.74 Å². The molecule has 0 saturated heterocycles. The largest absolute Gasteiger partial charge is 0.493 e. The van der Waals surface area contributed by atoms with Crippen molar-refractivity contribution in [3.8, 4) is 17.0 Å². The van der Waals surface area contributed by atoms with Crippen molar-refractivity contribution in [2.75, 3.05) is 6.61 Å². The smallest absolute Gasteiger partial charge is 0.255 e. The molecule has 196 valence electrons. The van der Waals surface area contributed by atoms with Gasteiger partial charge in [0.15, 0.2) is 0 Å². The Kier molecular flexibility index (Phi) is 7.15. The van der Waals surface area contributed by atoms with Crippen molar-refractivity contribution in [2.45, 2.75) is 77.5 Å². The predicted octanol–water partition coefficient (Wildman–Crippen LogP) is 3.57. The van der Waals surface area contributed by atoms with Crippen molar-refractivity contribution in [3.05, 3.63) is 41.3 Å². The fourth-order valence-electron chi connectivity index (χ4n) is 5.01. The number of hydrogen-bond donors (Lipinski definition) is 4. The maximum Gasteiger partial charge on any atom is 0.255 e. The molecule has 5 rings (SSSR count). The summed E-state index contributed by atoms with van der Waals surface area (Å²) in [7, 11) is 0. The number of aryl methyl sites for hydroxylation is 2. The Bertz CT molecular complexity index is 1310. The number of carbonyl (C=O) groups excluding carboxylic acids is 2. The van der Waals surface area contributed by atoms with Gasteiger partial charge in [0.1, 0.15) is 29.4 Å². The second-order valence-electron chi connectivity index (χ2n) is 10.5. The van der Waals surface area contributed by atoms with Crippen LogP contribution in [0.2, 0.25) is 0 Å². The fraction of sp³-hybridized carbons (Fsp3) is 0.500. The van der Waals surface area contributed by atoms with Gasteiger partial charge in [-0.2, -0.15) is 0 Å². The van der Waals surface area contributed by atoms with Crippen LogP contribution in [0.1, 0.15) is 67.1 Å². The molecule has 4 N–H and O–H groups in total. The number of benzene rings is 1. The van der Waals surface area contributed by atoms with Crippen LogP contribution < -0.4 is 15.4 Å². The third-order valence-electron chi connectivity index (χ3n) is 7.35. The minimum atomic E-state index is -1.02. The SMILES string of the molecule is Cc1ccc(OCC2CC2)c(-c2ncnc3c(C(=O)N[C@H]4CC[C@@H](NC(=O)[C@H](C)O)CC4)c(C)[nH]c23)c1. The monoisotopic (exact) mass is 505 g/mol. The first-order valence-electron chi connectivity index (χ1n) is 13.2. The number of fused-ring (bicyclic) bond motifs is 1. The highest BCUT2D eigenvalue weighted by Crippen LogP contribution is 2.37. The van der Waals surface area contributed by atoms with E-state index >= 15 is 0 Å². The van der Waals surface area contributed by atoms with Crippen LogP contribution in [-0.4, -0.2) is 56.7 Å². The summed E-state index contributed by atoms with van der Waals surface area (Å²) in [6.45, 7) is 6.08. The lowest BCUT2D eigenvalue weighted by Crippen LogP contribution is -2.46. The molecular formula is C28H35N5O4. The van der Waals surface area contributed by atoms with Crippen LogP contribution in [0.25, 0.3) is 22.3 Å². The molecule has 2 aliphatic carbocycles. The summed E-state index contributed by atoms with van der Waals surface area (Å²) < 4.78 is 6.16. The standard InChI is InChI=1S/C28H35N5O4/c1-15-4-11-22(37-13-18-5-6-18)21(12-15)24-26-25(30-14-29-24)23(16(2)31-26)28(36)33-20-9-7-19(8-10-20)32-27(35)17(3)34/h4,11-12,14,17-20,31,34H,5-10,13H2,1-3H3,(H,32,35)(H,33,36)/t17-,19-,20+/m0/s1. The highest BCUT2D eigenvalue weighted by molar-refractivity contribution is 6.09. The predicted molar refractivity (Wildman–Crippen MR) is 140 cm³/mol. The number of ether oxygens (including phenoxy) is 1. The maximum atomic E-state index is 13.4. The molecule has 0 aliphatic heterocycles. The molecule has 3 aromatic rings. The van der Waals surface area contributed by atoms with E-state index in [0.717, 1.165) is 59.5 Å².